The molecule has 7 nitrogen and oxygen atoms in total. The minimum atomic E-state index is -0.136. The maximum atomic E-state index is 13.0. The molecule has 4 heterocycles. The van der Waals surface area contributed by atoms with Gasteiger partial charge in [0.25, 0.3) is 5.56 Å². The fourth-order valence-electron chi connectivity index (χ4n) is 3.57. The quantitative estimate of drug-likeness (QED) is 0.416. The van der Waals surface area contributed by atoms with Gasteiger partial charge in [0, 0.05) is 48.0 Å². The lowest BCUT2D eigenvalue weighted by molar-refractivity contribution is -0.119. The molecule has 3 aromatic rings. The lowest BCUT2D eigenvalue weighted by Crippen LogP contribution is -2.55. The average Bonchev–Trinajstić information content (AvgIpc) is 3.44. The van der Waals surface area contributed by atoms with E-state index in [-0.39, 0.29) is 22.8 Å². The van der Waals surface area contributed by atoms with E-state index in [1.165, 1.54) is 23.1 Å². The Hall–Kier alpha value is -1.72. The number of hydrogen-bond donors (Lipinski definition) is 1. The molecule has 0 saturated carbocycles. The van der Waals surface area contributed by atoms with Gasteiger partial charge in [-0.2, -0.15) is 0 Å². The third-order valence-corrected chi connectivity index (χ3v) is 8.28. The van der Waals surface area contributed by atoms with Gasteiger partial charge in [-0.05, 0) is 25.3 Å². The van der Waals surface area contributed by atoms with Crippen molar-refractivity contribution in [1.29, 1.82) is 0 Å². The summed E-state index contributed by atoms with van der Waals surface area (Å²) in [6.07, 6.45) is 0. The van der Waals surface area contributed by atoms with E-state index < -0.39 is 0 Å². The molecular formula is C21H26N4O3S3. The Labute approximate surface area is 193 Å². The summed E-state index contributed by atoms with van der Waals surface area (Å²) in [5, 5.41) is 8.22. The number of ether oxygens (including phenoxy) is 1. The van der Waals surface area contributed by atoms with Gasteiger partial charge in [-0.25, -0.2) is 4.98 Å². The fraction of sp³-hybridized carbons (Fsp3) is 0.476. The standard InChI is InChI=1S/C21H26N4O3S3/c1-21(2,25-6-8-28-9-7-25)13-22-16(26)12-31-20-23-18-17(19(27)24(20)3)14(11-30-18)15-5-4-10-29-15/h4-5,10-11H,6-9,12-13H2,1-3H3,(H,22,26). The summed E-state index contributed by atoms with van der Waals surface area (Å²) in [6, 6.07) is 3.99. The van der Waals surface area contributed by atoms with E-state index in [0.29, 0.717) is 21.9 Å². The topological polar surface area (TPSA) is 76.5 Å². The second kappa shape index (κ2) is 9.41. The second-order valence-electron chi connectivity index (χ2n) is 8.04. The summed E-state index contributed by atoms with van der Waals surface area (Å²) in [4.78, 5) is 34.3. The van der Waals surface area contributed by atoms with Crippen molar-refractivity contribution in [1.82, 2.24) is 19.8 Å². The number of thioether (sulfide) groups is 1. The third-order valence-electron chi connectivity index (χ3n) is 5.48. The molecule has 3 aromatic heterocycles. The molecule has 1 aliphatic rings. The van der Waals surface area contributed by atoms with Crippen LogP contribution in [0.15, 0.2) is 32.8 Å². The molecular weight excluding hydrogens is 452 g/mol. The number of thiophene rings is 2. The number of rotatable bonds is 7. The van der Waals surface area contributed by atoms with Crippen LogP contribution in [0.2, 0.25) is 0 Å². The van der Waals surface area contributed by atoms with E-state index in [4.69, 9.17) is 4.74 Å². The van der Waals surface area contributed by atoms with E-state index >= 15 is 0 Å². The van der Waals surface area contributed by atoms with Crippen molar-refractivity contribution < 1.29 is 9.53 Å². The molecule has 0 bridgehead atoms. The summed E-state index contributed by atoms with van der Waals surface area (Å²) in [5.41, 5.74) is 0.720. The van der Waals surface area contributed by atoms with Crippen LogP contribution in [-0.4, -0.2) is 64.5 Å². The highest BCUT2D eigenvalue weighted by Crippen LogP contribution is 2.34. The highest BCUT2D eigenvalue weighted by molar-refractivity contribution is 7.99. The Morgan fingerprint density at radius 2 is 2.10 bits per heavy atom. The lowest BCUT2D eigenvalue weighted by atomic mass is 10.0. The smallest absolute Gasteiger partial charge is 0.263 e. The Bertz CT molecular complexity index is 1120. The molecule has 10 heteroatoms. The highest BCUT2D eigenvalue weighted by atomic mass is 32.2. The van der Waals surface area contributed by atoms with E-state index in [1.807, 2.05) is 22.9 Å². The van der Waals surface area contributed by atoms with Crippen molar-refractivity contribution in [3.8, 4) is 10.4 Å². The first kappa shape index (κ1) is 22.5. The van der Waals surface area contributed by atoms with Crippen LogP contribution < -0.4 is 10.9 Å². The zero-order chi connectivity index (χ0) is 22.0. The minimum absolute atomic E-state index is 0.0638. The molecule has 1 fully saturated rings. The summed E-state index contributed by atoms with van der Waals surface area (Å²) in [5.74, 6) is 0.153. The monoisotopic (exact) mass is 478 g/mol. The first-order valence-electron chi connectivity index (χ1n) is 10.1. The largest absolute Gasteiger partial charge is 0.379 e. The maximum absolute atomic E-state index is 13.0. The fourth-order valence-corrected chi connectivity index (χ4v) is 6.18. The predicted octanol–water partition coefficient (Wildman–Crippen LogP) is 3.04. The van der Waals surface area contributed by atoms with Crippen LogP contribution in [0, 0.1) is 0 Å². The van der Waals surface area contributed by atoms with E-state index in [1.54, 1.807) is 23.0 Å². The number of hydrogen-bond acceptors (Lipinski definition) is 8. The zero-order valence-corrected chi connectivity index (χ0v) is 20.3. The SMILES string of the molecule is Cn1c(SCC(=O)NCC(C)(C)N2CCOCC2)nc2scc(-c3cccs3)c2c1=O. The van der Waals surface area contributed by atoms with Crippen LogP contribution in [0.1, 0.15) is 13.8 Å². The zero-order valence-electron chi connectivity index (χ0n) is 17.8. The van der Waals surface area contributed by atoms with Crippen LogP contribution in [0.25, 0.3) is 20.7 Å². The molecule has 0 spiro atoms. The highest BCUT2D eigenvalue weighted by Gasteiger charge is 2.28. The summed E-state index contributed by atoms with van der Waals surface area (Å²) < 4.78 is 6.96. The molecule has 0 aromatic carbocycles. The maximum Gasteiger partial charge on any atom is 0.263 e. The molecule has 166 valence electrons. The van der Waals surface area contributed by atoms with Gasteiger partial charge in [-0.3, -0.25) is 19.1 Å². The number of carbonyl (C=O) groups is 1. The van der Waals surface area contributed by atoms with Gasteiger partial charge in [-0.15, -0.1) is 22.7 Å². The average molecular weight is 479 g/mol. The number of carbonyl (C=O) groups excluding carboxylic acids is 1. The minimum Gasteiger partial charge on any atom is -0.379 e. The first-order chi connectivity index (χ1) is 14.9. The molecule has 1 N–H and O–H groups in total. The van der Waals surface area contributed by atoms with Crippen LogP contribution in [0.3, 0.4) is 0 Å². The van der Waals surface area contributed by atoms with E-state index in [2.05, 4.69) is 29.0 Å². The van der Waals surface area contributed by atoms with Crippen LogP contribution in [-0.2, 0) is 16.6 Å². The second-order valence-corrected chi connectivity index (χ2v) is 10.8. The van der Waals surface area contributed by atoms with Gasteiger partial charge < -0.3 is 10.1 Å². The molecule has 0 aliphatic carbocycles. The number of fused-ring (bicyclic) bond motifs is 1. The molecule has 0 radical (unpaired) electrons. The summed E-state index contributed by atoms with van der Waals surface area (Å²) in [6.45, 7) is 8.03. The molecule has 0 unspecified atom stereocenters. The van der Waals surface area contributed by atoms with E-state index in [9.17, 15) is 9.59 Å². The molecule has 1 aliphatic heterocycles. The van der Waals surface area contributed by atoms with Gasteiger partial charge in [0.2, 0.25) is 5.91 Å². The Morgan fingerprint density at radius 1 is 1.32 bits per heavy atom. The normalized spacial score (nSPS) is 15.5. The van der Waals surface area contributed by atoms with Crippen molar-refractivity contribution in [2.45, 2.75) is 24.5 Å². The molecule has 1 amide bonds. The summed E-state index contributed by atoms with van der Waals surface area (Å²) in [7, 11) is 1.71. The number of aromatic nitrogens is 2. The summed E-state index contributed by atoms with van der Waals surface area (Å²) >= 11 is 4.37. The molecule has 4 rings (SSSR count). The number of nitrogens with one attached hydrogen (secondary N) is 1. The van der Waals surface area contributed by atoms with Gasteiger partial charge in [0.05, 0.1) is 24.4 Å². The van der Waals surface area contributed by atoms with Crippen LogP contribution in [0.4, 0.5) is 0 Å². The number of amides is 1. The van der Waals surface area contributed by atoms with Crippen molar-refractivity contribution >= 4 is 50.6 Å². The Morgan fingerprint density at radius 3 is 2.81 bits per heavy atom. The third kappa shape index (κ3) is 4.88. The van der Waals surface area contributed by atoms with Crippen molar-refractivity contribution in [2.24, 2.45) is 7.05 Å². The Balaban J connectivity index is 1.41. The van der Waals surface area contributed by atoms with Crippen LogP contribution in [0.5, 0.6) is 0 Å². The Kier molecular flexibility index (Phi) is 6.83. The number of nitrogens with zero attached hydrogens (tertiary/aromatic N) is 3. The first-order valence-corrected chi connectivity index (χ1v) is 12.9. The van der Waals surface area contributed by atoms with Crippen molar-refractivity contribution in [2.75, 3.05) is 38.6 Å². The van der Waals surface area contributed by atoms with E-state index in [0.717, 1.165) is 36.7 Å². The molecule has 31 heavy (non-hydrogen) atoms. The molecule has 0 atom stereocenters. The lowest BCUT2D eigenvalue weighted by Gasteiger charge is -2.40. The van der Waals surface area contributed by atoms with Gasteiger partial charge in [0.1, 0.15) is 4.83 Å². The van der Waals surface area contributed by atoms with Gasteiger partial charge in [0.15, 0.2) is 5.16 Å². The van der Waals surface area contributed by atoms with Crippen molar-refractivity contribution in [3.63, 3.8) is 0 Å². The molecule has 1 saturated heterocycles. The van der Waals surface area contributed by atoms with Gasteiger partial charge >= 0.3 is 0 Å². The van der Waals surface area contributed by atoms with Crippen molar-refractivity contribution in [3.05, 3.63) is 33.2 Å². The number of morpholine rings is 1. The van der Waals surface area contributed by atoms with Crippen LogP contribution >= 0.6 is 34.4 Å². The predicted molar refractivity (Wildman–Crippen MR) is 128 cm³/mol. The van der Waals surface area contributed by atoms with Gasteiger partial charge in [-0.1, -0.05) is 17.8 Å².